The van der Waals surface area contributed by atoms with Crippen LogP contribution in [-0.2, 0) is 23.7 Å². The molecular weight excluding hydrogens is 212 g/mol. The van der Waals surface area contributed by atoms with Gasteiger partial charge in [0.25, 0.3) is 0 Å². The molecule has 0 unspecified atom stereocenters. The van der Waals surface area contributed by atoms with Gasteiger partial charge in [0.1, 0.15) is 0 Å². The van der Waals surface area contributed by atoms with Gasteiger partial charge in [0.2, 0.25) is 0 Å². The van der Waals surface area contributed by atoms with E-state index in [-0.39, 0.29) is 0 Å². The van der Waals surface area contributed by atoms with E-state index in [1.807, 2.05) is 0 Å². The molecule has 0 saturated heterocycles. The summed E-state index contributed by atoms with van der Waals surface area (Å²) in [7, 11) is 1.65. The molecule has 0 aliphatic heterocycles. The molecule has 16 heavy (non-hydrogen) atoms. The van der Waals surface area contributed by atoms with Gasteiger partial charge >= 0.3 is 0 Å². The predicted molar refractivity (Wildman–Crippen MR) is 60.5 cm³/mol. The van der Waals surface area contributed by atoms with Crippen molar-refractivity contribution in [1.29, 1.82) is 0 Å². The minimum atomic E-state index is 0.485. The summed E-state index contributed by atoms with van der Waals surface area (Å²) >= 11 is 0. The fourth-order valence-corrected chi connectivity index (χ4v) is 0.904. The lowest BCUT2D eigenvalue weighted by Crippen LogP contribution is -2.12. The molecule has 0 aromatic rings. The molecule has 0 bridgehead atoms. The molecule has 0 aliphatic carbocycles. The number of methoxy groups -OCH3 is 1. The van der Waals surface area contributed by atoms with Crippen LogP contribution < -0.4 is 0 Å². The fraction of sp³-hybridized carbons (Fsp3) is 0.909. The van der Waals surface area contributed by atoms with E-state index < -0.39 is 0 Å². The highest BCUT2D eigenvalue weighted by molar-refractivity contribution is 4.35. The maximum atomic E-state index is 5.28. The van der Waals surface area contributed by atoms with Crippen molar-refractivity contribution >= 4 is 0 Å². The van der Waals surface area contributed by atoms with Gasteiger partial charge in [-0.15, -0.1) is 0 Å². The van der Waals surface area contributed by atoms with E-state index in [1.165, 1.54) is 0 Å². The third-order valence-corrected chi connectivity index (χ3v) is 1.69. The molecule has 0 amide bonds. The zero-order valence-corrected chi connectivity index (χ0v) is 10.1. The molecule has 0 aromatic heterocycles. The van der Waals surface area contributed by atoms with Gasteiger partial charge in [0.15, 0.2) is 0 Å². The van der Waals surface area contributed by atoms with Crippen LogP contribution >= 0.6 is 0 Å². The van der Waals surface area contributed by atoms with Crippen molar-refractivity contribution in [3.63, 3.8) is 0 Å². The van der Waals surface area contributed by atoms with Crippen molar-refractivity contribution < 1.29 is 23.7 Å². The van der Waals surface area contributed by atoms with Gasteiger partial charge in [-0.25, -0.2) is 0 Å². The Bertz CT molecular complexity index is 107. The van der Waals surface area contributed by atoms with E-state index in [0.717, 1.165) is 0 Å². The van der Waals surface area contributed by atoms with Crippen molar-refractivity contribution in [2.45, 2.75) is 0 Å². The Morgan fingerprint density at radius 2 is 1.00 bits per heavy atom. The van der Waals surface area contributed by atoms with Crippen LogP contribution in [-0.4, -0.2) is 66.6 Å². The Kier molecular flexibility index (Phi) is 14.6. The minimum absolute atomic E-state index is 0.485. The zero-order valence-electron chi connectivity index (χ0n) is 10.1. The molecule has 0 rings (SSSR count). The van der Waals surface area contributed by atoms with Crippen LogP contribution in [0.15, 0.2) is 0 Å². The summed E-state index contributed by atoms with van der Waals surface area (Å²) < 4.78 is 25.6. The molecule has 97 valence electrons. The van der Waals surface area contributed by atoms with E-state index in [2.05, 4.69) is 6.92 Å². The first-order chi connectivity index (χ1) is 7.91. The average molecular weight is 235 g/mol. The average Bonchev–Trinajstić information content (AvgIpc) is 2.31. The second-order valence-electron chi connectivity index (χ2n) is 2.94. The van der Waals surface area contributed by atoms with Crippen LogP contribution in [0.2, 0.25) is 0 Å². The minimum Gasteiger partial charge on any atom is -0.382 e. The molecule has 5 heteroatoms. The maximum absolute atomic E-state index is 5.28. The smallest absolute Gasteiger partial charge is 0.0701 e. The van der Waals surface area contributed by atoms with Crippen LogP contribution in [0.1, 0.15) is 0 Å². The topological polar surface area (TPSA) is 46.2 Å². The monoisotopic (exact) mass is 235 g/mol. The predicted octanol–water partition coefficient (Wildman–Crippen LogP) is 0.533. The molecule has 0 atom stereocenters. The summed E-state index contributed by atoms with van der Waals surface area (Å²) in [5, 5.41) is 0. The molecule has 0 saturated carbocycles. The third kappa shape index (κ3) is 13.8. The molecule has 0 aromatic carbocycles. The molecule has 0 spiro atoms. The highest BCUT2D eigenvalue weighted by Gasteiger charge is 1.91. The van der Waals surface area contributed by atoms with Crippen LogP contribution in [0.5, 0.6) is 0 Å². The lowest BCUT2D eigenvalue weighted by molar-refractivity contribution is -0.00588. The molecule has 0 fully saturated rings. The van der Waals surface area contributed by atoms with Gasteiger partial charge in [-0.3, -0.25) is 0 Å². The Hall–Kier alpha value is -0.200. The van der Waals surface area contributed by atoms with E-state index in [9.17, 15) is 0 Å². The van der Waals surface area contributed by atoms with E-state index >= 15 is 0 Å². The summed E-state index contributed by atoms with van der Waals surface area (Å²) in [4.78, 5) is 0. The third-order valence-electron chi connectivity index (χ3n) is 1.69. The summed E-state index contributed by atoms with van der Waals surface area (Å²) in [6.07, 6.45) is 0. The number of rotatable bonds is 13. The number of hydrogen-bond donors (Lipinski definition) is 0. The molecule has 0 aliphatic rings. The van der Waals surface area contributed by atoms with Crippen molar-refractivity contribution in [3.8, 4) is 0 Å². The second kappa shape index (κ2) is 14.8. The van der Waals surface area contributed by atoms with Gasteiger partial charge in [-0.1, -0.05) is 0 Å². The highest BCUT2D eigenvalue weighted by Crippen LogP contribution is 1.82. The molecule has 0 heterocycles. The van der Waals surface area contributed by atoms with Gasteiger partial charge in [-0.05, 0) is 6.92 Å². The quantitative estimate of drug-likeness (QED) is 0.436. The molecular formula is C11H23O5. The lowest BCUT2D eigenvalue weighted by Gasteiger charge is -2.06. The van der Waals surface area contributed by atoms with Gasteiger partial charge in [0, 0.05) is 13.7 Å². The van der Waals surface area contributed by atoms with Crippen LogP contribution in [0.3, 0.4) is 0 Å². The fourth-order valence-electron chi connectivity index (χ4n) is 0.904. The Labute approximate surface area is 98.0 Å². The largest absolute Gasteiger partial charge is 0.382 e. The summed E-state index contributed by atoms with van der Waals surface area (Å²) in [5.41, 5.74) is 0. The summed E-state index contributed by atoms with van der Waals surface area (Å²) in [5.74, 6) is 0. The Morgan fingerprint density at radius 1 is 0.625 bits per heavy atom. The maximum Gasteiger partial charge on any atom is 0.0701 e. The SMILES string of the molecule is [CH2]COCCOCCOCCOCCOC. The molecule has 0 N–H and O–H groups in total. The summed E-state index contributed by atoms with van der Waals surface area (Å²) in [6.45, 7) is 8.78. The Morgan fingerprint density at radius 3 is 1.38 bits per heavy atom. The Balaban J connectivity index is 2.83. The van der Waals surface area contributed by atoms with Crippen LogP contribution in [0.4, 0.5) is 0 Å². The molecule has 1 radical (unpaired) electrons. The first kappa shape index (κ1) is 15.8. The normalized spacial score (nSPS) is 10.9. The highest BCUT2D eigenvalue weighted by atomic mass is 16.6. The van der Waals surface area contributed by atoms with Crippen molar-refractivity contribution in [3.05, 3.63) is 6.92 Å². The number of hydrogen-bond acceptors (Lipinski definition) is 5. The van der Waals surface area contributed by atoms with Crippen LogP contribution in [0.25, 0.3) is 0 Å². The molecule has 5 nitrogen and oxygen atoms in total. The van der Waals surface area contributed by atoms with Gasteiger partial charge in [-0.2, -0.15) is 0 Å². The summed E-state index contributed by atoms with van der Waals surface area (Å²) in [6, 6.07) is 0. The van der Waals surface area contributed by atoms with Crippen LogP contribution in [0, 0.1) is 6.92 Å². The second-order valence-corrected chi connectivity index (χ2v) is 2.94. The van der Waals surface area contributed by atoms with E-state index in [4.69, 9.17) is 23.7 Å². The van der Waals surface area contributed by atoms with Crippen molar-refractivity contribution in [2.24, 2.45) is 0 Å². The van der Waals surface area contributed by atoms with E-state index in [0.29, 0.717) is 59.5 Å². The van der Waals surface area contributed by atoms with E-state index in [1.54, 1.807) is 7.11 Å². The van der Waals surface area contributed by atoms with Gasteiger partial charge < -0.3 is 23.7 Å². The number of ether oxygens (including phenoxy) is 5. The standard InChI is InChI=1S/C11H23O5/c1-3-13-6-7-15-10-11-16-9-8-14-5-4-12-2/h1,3-11H2,2H3. The van der Waals surface area contributed by atoms with Crippen molar-refractivity contribution in [2.75, 3.05) is 66.6 Å². The van der Waals surface area contributed by atoms with Gasteiger partial charge in [0.05, 0.1) is 52.9 Å². The van der Waals surface area contributed by atoms with Crippen molar-refractivity contribution in [1.82, 2.24) is 0 Å². The first-order valence-corrected chi connectivity index (χ1v) is 5.51. The lowest BCUT2D eigenvalue weighted by atomic mass is 10.7. The zero-order chi connectivity index (χ0) is 11.9. The first-order valence-electron chi connectivity index (χ1n) is 5.51.